The zero-order valence-electron chi connectivity index (χ0n) is 13.3. The predicted octanol–water partition coefficient (Wildman–Crippen LogP) is 2.08. The molecule has 7 heteroatoms. The van der Waals surface area contributed by atoms with Crippen molar-refractivity contribution in [2.75, 3.05) is 37.9 Å². The first kappa shape index (κ1) is 18.1. The maximum Gasteiger partial charge on any atom is 0.192 e. The molecule has 0 aliphatic carbocycles. The Labute approximate surface area is 123 Å². The zero-order chi connectivity index (χ0) is 15.6. The molecule has 1 rings (SSSR count). The second-order valence-electron chi connectivity index (χ2n) is 7.07. The second-order valence-corrected chi connectivity index (χ2v) is 14.2. The number of rotatable bonds is 5. The largest absolute Gasteiger partial charge is 0.415 e. The summed E-state index contributed by atoms with van der Waals surface area (Å²) < 4.78 is 42.1. The van der Waals surface area contributed by atoms with Crippen molar-refractivity contribution in [2.24, 2.45) is 0 Å². The Hall–Kier alpha value is 0.0169. The van der Waals surface area contributed by atoms with Gasteiger partial charge in [-0.05, 0) is 18.1 Å². The van der Waals surface area contributed by atoms with Gasteiger partial charge < -0.3 is 4.43 Å². The highest BCUT2D eigenvalue weighted by molar-refractivity contribution is 7.91. The van der Waals surface area contributed by atoms with Crippen molar-refractivity contribution in [3.8, 4) is 0 Å². The quantitative estimate of drug-likeness (QED) is 0.726. The predicted molar refractivity (Wildman–Crippen MR) is 83.1 cm³/mol. The van der Waals surface area contributed by atoms with E-state index in [0.717, 1.165) is 0 Å². The topological polar surface area (TPSA) is 46.6 Å². The molecule has 0 unspecified atom stereocenters. The van der Waals surface area contributed by atoms with Crippen molar-refractivity contribution in [3.63, 3.8) is 0 Å². The Kier molecular flexibility index (Phi) is 5.80. The number of sulfone groups is 1. The van der Waals surface area contributed by atoms with Gasteiger partial charge in [0.25, 0.3) is 0 Å². The summed E-state index contributed by atoms with van der Waals surface area (Å²) in [5.74, 6) is 0.257. The second kappa shape index (κ2) is 6.42. The third-order valence-electron chi connectivity index (χ3n) is 4.52. The van der Waals surface area contributed by atoms with Crippen LogP contribution < -0.4 is 0 Å². The van der Waals surface area contributed by atoms with E-state index in [1.807, 2.05) is 4.90 Å². The Bertz CT molecular complexity index is 406. The van der Waals surface area contributed by atoms with Gasteiger partial charge in [-0.25, -0.2) is 12.8 Å². The first-order valence-electron chi connectivity index (χ1n) is 7.13. The van der Waals surface area contributed by atoms with E-state index < -0.39 is 24.8 Å². The van der Waals surface area contributed by atoms with Gasteiger partial charge in [0, 0.05) is 13.1 Å². The van der Waals surface area contributed by atoms with E-state index in [2.05, 4.69) is 33.9 Å². The van der Waals surface area contributed by atoms with Crippen LogP contribution in [0.25, 0.3) is 0 Å². The summed E-state index contributed by atoms with van der Waals surface area (Å²) in [4.78, 5) is 1.91. The molecule has 1 heterocycles. The van der Waals surface area contributed by atoms with Crippen LogP contribution in [0.4, 0.5) is 4.39 Å². The maximum atomic E-state index is 13.3. The minimum absolute atomic E-state index is 0.0963. The fourth-order valence-corrected chi connectivity index (χ4v) is 4.13. The summed E-state index contributed by atoms with van der Waals surface area (Å²) in [5.41, 5.74) is 0. The summed E-state index contributed by atoms with van der Waals surface area (Å²) in [6, 6.07) is -0.320. The van der Waals surface area contributed by atoms with Crippen LogP contribution in [0.3, 0.4) is 0 Å². The lowest BCUT2D eigenvalue weighted by Gasteiger charge is -2.39. The van der Waals surface area contributed by atoms with Gasteiger partial charge in [0.15, 0.2) is 18.2 Å². The molecule has 1 fully saturated rings. The molecule has 0 spiro atoms. The van der Waals surface area contributed by atoms with Crippen LogP contribution in [0.1, 0.15) is 20.8 Å². The van der Waals surface area contributed by atoms with Gasteiger partial charge in [0.1, 0.15) is 6.67 Å². The van der Waals surface area contributed by atoms with Crippen molar-refractivity contribution < 1.29 is 17.2 Å². The Morgan fingerprint density at radius 2 is 1.75 bits per heavy atom. The standard InChI is InChI=1S/C13H28FNO3SSi/c1-13(2,3)20(4,5)18-11-12(10-14)15-6-8-19(16,17)9-7-15/h12H,6-11H2,1-5H3/t12-/m0/s1. The van der Waals surface area contributed by atoms with Crippen molar-refractivity contribution in [3.05, 3.63) is 0 Å². The van der Waals surface area contributed by atoms with Gasteiger partial charge in [-0.2, -0.15) is 0 Å². The third kappa shape index (κ3) is 4.79. The number of alkyl halides is 1. The summed E-state index contributed by atoms with van der Waals surface area (Å²) >= 11 is 0. The number of nitrogens with zero attached hydrogens (tertiary/aromatic N) is 1. The zero-order valence-corrected chi connectivity index (χ0v) is 15.1. The van der Waals surface area contributed by atoms with Crippen LogP contribution in [0.5, 0.6) is 0 Å². The molecule has 0 N–H and O–H groups in total. The first-order valence-corrected chi connectivity index (χ1v) is 11.9. The molecule has 1 atom stereocenters. The summed E-state index contributed by atoms with van der Waals surface area (Å²) in [6.45, 7) is 11.4. The number of hydrogen-bond acceptors (Lipinski definition) is 4. The molecular formula is C13H28FNO3SSi. The van der Waals surface area contributed by atoms with E-state index in [-0.39, 0.29) is 22.6 Å². The van der Waals surface area contributed by atoms with Crippen molar-refractivity contribution in [2.45, 2.75) is 44.9 Å². The fourth-order valence-electron chi connectivity index (χ4n) is 1.86. The lowest BCUT2D eigenvalue weighted by Crippen LogP contribution is -2.51. The van der Waals surface area contributed by atoms with Crippen LogP contribution >= 0.6 is 0 Å². The van der Waals surface area contributed by atoms with Crippen molar-refractivity contribution in [1.29, 1.82) is 0 Å². The normalized spacial score (nSPS) is 22.7. The molecule has 1 saturated heterocycles. The summed E-state index contributed by atoms with van der Waals surface area (Å²) in [5, 5.41) is 0.0963. The lowest BCUT2D eigenvalue weighted by atomic mass is 10.2. The molecule has 0 aromatic heterocycles. The minimum Gasteiger partial charge on any atom is -0.415 e. The number of hydrogen-bond donors (Lipinski definition) is 0. The average Bonchev–Trinajstić information content (AvgIpc) is 2.30. The monoisotopic (exact) mass is 325 g/mol. The molecule has 1 aliphatic rings. The van der Waals surface area contributed by atoms with Gasteiger partial charge in [-0.15, -0.1) is 0 Å². The summed E-state index contributed by atoms with van der Waals surface area (Å²) in [7, 11) is -4.81. The third-order valence-corrected chi connectivity index (χ3v) is 10.6. The molecule has 0 aromatic carbocycles. The average molecular weight is 326 g/mol. The molecule has 20 heavy (non-hydrogen) atoms. The molecule has 0 radical (unpaired) electrons. The Morgan fingerprint density at radius 3 is 2.15 bits per heavy atom. The van der Waals surface area contributed by atoms with E-state index >= 15 is 0 Å². The van der Waals surface area contributed by atoms with E-state index in [9.17, 15) is 12.8 Å². The van der Waals surface area contributed by atoms with E-state index in [1.54, 1.807) is 0 Å². The van der Waals surface area contributed by atoms with Crippen molar-refractivity contribution >= 4 is 18.2 Å². The van der Waals surface area contributed by atoms with E-state index in [1.165, 1.54) is 0 Å². The highest BCUT2D eigenvalue weighted by Crippen LogP contribution is 2.36. The molecule has 0 amide bonds. The van der Waals surface area contributed by atoms with Crippen LogP contribution in [0, 0.1) is 0 Å². The minimum atomic E-state index is -2.92. The highest BCUT2D eigenvalue weighted by Gasteiger charge is 2.38. The fraction of sp³-hybridized carbons (Fsp3) is 1.00. The molecule has 0 aromatic rings. The lowest BCUT2D eigenvalue weighted by molar-refractivity contribution is 0.113. The smallest absolute Gasteiger partial charge is 0.192 e. The number of halogens is 1. The van der Waals surface area contributed by atoms with Gasteiger partial charge in [-0.3, -0.25) is 4.90 Å². The van der Waals surface area contributed by atoms with Crippen LogP contribution in [-0.4, -0.2) is 65.6 Å². The molecule has 0 saturated carbocycles. The molecular weight excluding hydrogens is 297 g/mol. The Morgan fingerprint density at radius 1 is 1.25 bits per heavy atom. The van der Waals surface area contributed by atoms with Crippen LogP contribution in [0.2, 0.25) is 18.1 Å². The molecule has 1 aliphatic heterocycles. The van der Waals surface area contributed by atoms with Gasteiger partial charge in [0.2, 0.25) is 0 Å². The van der Waals surface area contributed by atoms with Gasteiger partial charge in [0.05, 0.1) is 24.2 Å². The molecule has 120 valence electrons. The molecule has 4 nitrogen and oxygen atoms in total. The highest BCUT2D eigenvalue weighted by atomic mass is 32.2. The maximum absolute atomic E-state index is 13.3. The van der Waals surface area contributed by atoms with Crippen LogP contribution in [0.15, 0.2) is 0 Å². The van der Waals surface area contributed by atoms with Gasteiger partial charge in [-0.1, -0.05) is 20.8 Å². The van der Waals surface area contributed by atoms with Gasteiger partial charge >= 0.3 is 0 Å². The summed E-state index contributed by atoms with van der Waals surface area (Å²) in [6.07, 6.45) is 0. The van der Waals surface area contributed by atoms with Crippen LogP contribution in [-0.2, 0) is 14.3 Å². The van der Waals surface area contributed by atoms with E-state index in [0.29, 0.717) is 19.7 Å². The SMILES string of the molecule is CC(C)(C)[Si](C)(C)OC[C@H](CF)N1CCS(=O)(=O)CC1. The van der Waals surface area contributed by atoms with E-state index in [4.69, 9.17) is 4.43 Å². The Balaban J connectivity index is 2.57. The van der Waals surface area contributed by atoms with Crippen molar-refractivity contribution in [1.82, 2.24) is 4.90 Å². The first-order chi connectivity index (χ1) is 8.98. The molecule has 0 bridgehead atoms.